The highest BCUT2D eigenvalue weighted by Crippen LogP contribution is 2.14. The van der Waals surface area contributed by atoms with E-state index in [2.05, 4.69) is 67.7 Å². The van der Waals surface area contributed by atoms with Gasteiger partial charge in [-0.2, -0.15) is 0 Å². The molecule has 0 bridgehead atoms. The van der Waals surface area contributed by atoms with E-state index in [1.165, 1.54) is 0 Å². The molecule has 0 heterocycles. The van der Waals surface area contributed by atoms with Crippen molar-refractivity contribution in [3.8, 4) is 0 Å². The van der Waals surface area contributed by atoms with Crippen LogP contribution in [0.15, 0.2) is 60.8 Å². The van der Waals surface area contributed by atoms with Crippen LogP contribution in [-0.2, 0) is 9.53 Å². The Morgan fingerprint density at radius 1 is 0.821 bits per heavy atom. The zero-order valence-corrected chi connectivity index (χ0v) is 18.8. The molecule has 0 amide bonds. The molecule has 28 heavy (non-hydrogen) atoms. The zero-order valence-electron chi connectivity index (χ0n) is 17.9. The van der Waals surface area contributed by atoms with Gasteiger partial charge in [-0.3, -0.25) is 4.79 Å². The van der Waals surface area contributed by atoms with Crippen LogP contribution in [0.25, 0.3) is 0 Å². The number of carbonyl (C=O) groups is 1. The Morgan fingerprint density at radius 2 is 1.32 bits per heavy atom. The number of esters is 1. The third kappa shape index (κ3) is 17.7. The first-order chi connectivity index (χ1) is 13.6. The van der Waals surface area contributed by atoms with Crippen LogP contribution in [0.3, 0.4) is 0 Å². The lowest BCUT2D eigenvalue weighted by atomic mass is 9.99. The molecule has 0 aliphatic carbocycles. The van der Waals surface area contributed by atoms with Crippen molar-refractivity contribution < 1.29 is 9.53 Å². The first-order valence-electron chi connectivity index (χ1n) is 10.5. The minimum Gasteiger partial charge on any atom is -0.466 e. The maximum Gasteiger partial charge on any atom is 0.309 e. The average Bonchev–Trinajstić information content (AvgIpc) is 2.66. The van der Waals surface area contributed by atoms with Crippen LogP contribution < -0.4 is 0 Å². The van der Waals surface area contributed by atoms with Crippen LogP contribution in [0.1, 0.15) is 72.1 Å². The van der Waals surface area contributed by atoms with E-state index in [0.717, 1.165) is 43.4 Å². The largest absolute Gasteiger partial charge is 0.466 e. The highest BCUT2D eigenvalue weighted by Gasteiger charge is 2.18. The Labute approximate surface area is 178 Å². The van der Waals surface area contributed by atoms with E-state index in [1.54, 1.807) is 0 Å². The molecular formula is C25H38O2S. The minimum atomic E-state index is -0.147. The summed E-state index contributed by atoms with van der Waals surface area (Å²) in [5, 5.41) is 0. The number of hydrogen-bond acceptors (Lipinski definition) is 3. The van der Waals surface area contributed by atoms with Crippen molar-refractivity contribution in [2.75, 3.05) is 6.61 Å². The van der Waals surface area contributed by atoms with E-state index in [0.29, 0.717) is 19.4 Å². The summed E-state index contributed by atoms with van der Waals surface area (Å²) >= 11 is 5.14. The maximum absolute atomic E-state index is 11.9. The standard InChI is InChI=1S/C25H38O2S/c1-4-6-7-8-9-10-11-12-13-14-15-16-17-18-19-20-21-24(22-23(3)28)25(26)27-5-2/h6-7,9-10,12-13,15-16,19-20,24H,4-5,8,11,14,17-18,21-22H2,1-3H3. The number of ether oxygens (including phenoxy) is 1. The second kappa shape index (κ2) is 20.0. The molecule has 0 N–H and O–H groups in total. The molecule has 1 unspecified atom stereocenters. The molecule has 0 aromatic rings. The van der Waals surface area contributed by atoms with Gasteiger partial charge < -0.3 is 4.74 Å². The second-order valence-electron chi connectivity index (χ2n) is 6.64. The lowest BCUT2D eigenvalue weighted by Gasteiger charge is -2.12. The van der Waals surface area contributed by atoms with Crippen molar-refractivity contribution in [2.45, 2.75) is 72.1 Å². The van der Waals surface area contributed by atoms with Crippen LogP contribution in [0, 0.1) is 5.92 Å². The van der Waals surface area contributed by atoms with Crippen molar-refractivity contribution in [3.63, 3.8) is 0 Å². The van der Waals surface area contributed by atoms with Gasteiger partial charge in [0.1, 0.15) is 0 Å². The average molecular weight is 403 g/mol. The maximum atomic E-state index is 11.9. The molecule has 0 spiro atoms. The number of hydrogen-bond donors (Lipinski definition) is 0. The number of unbranched alkanes of at least 4 members (excludes halogenated alkanes) is 1. The molecule has 0 aromatic carbocycles. The molecule has 3 heteroatoms. The highest BCUT2D eigenvalue weighted by atomic mass is 32.1. The molecule has 0 saturated carbocycles. The van der Waals surface area contributed by atoms with E-state index in [1.807, 2.05) is 13.8 Å². The third-order valence-corrected chi connectivity index (χ3v) is 4.13. The van der Waals surface area contributed by atoms with E-state index in [4.69, 9.17) is 17.0 Å². The molecule has 0 fully saturated rings. The quantitative estimate of drug-likeness (QED) is 0.116. The summed E-state index contributed by atoms with van der Waals surface area (Å²) < 4.78 is 5.13. The molecule has 1 atom stereocenters. The summed E-state index contributed by atoms with van der Waals surface area (Å²) in [6.45, 7) is 6.28. The van der Waals surface area contributed by atoms with Gasteiger partial charge in [-0.25, -0.2) is 0 Å². The fourth-order valence-corrected chi connectivity index (χ4v) is 2.74. The fraction of sp³-hybridized carbons (Fsp3) is 0.520. The molecule has 0 aliphatic heterocycles. The van der Waals surface area contributed by atoms with E-state index < -0.39 is 0 Å². The summed E-state index contributed by atoms with van der Waals surface area (Å²) in [7, 11) is 0. The molecular weight excluding hydrogens is 364 g/mol. The van der Waals surface area contributed by atoms with Crippen LogP contribution in [0.5, 0.6) is 0 Å². The molecule has 2 nitrogen and oxygen atoms in total. The van der Waals surface area contributed by atoms with Crippen molar-refractivity contribution in [2.24, 2.45) is 5.92 Å². The van der Waals surface area contributed by atoms with Crippen molar-refractivity contribution in [1.82, 2.24) is 0 Å². The number of thiocarbonyl (C=S) groups is 1. The summed E-state index contributed by atoms with van der Waals surface area (Å²) in [6.07, 6.45) is 29.3. The zero-order chi connectivity index (χ0) is 20.9. The van der Waals surface area contributed by atoms with Crippen LogP contribution in [0.2, 0.25) is 0 Å². The van der Waals surface area contributed by atoms with Gasteiger partial charge in [-0.15, -0.1) is 0 Å². The first-order valence-corrected chi connectivity index (χ1v) is 10.9. The van der Waals surface area contributed by atoms with Crippen molar-refractivity contribution in [1.29, 1.82) is 0 Å². The highest BCUT2D eigenvalue weighted by molar-refractivity contribution is 7.80. The summed E-state index contributed by atoms with van der Waals surface area (Å²) in [5.41, 5.74) is 0. The van der Waals surface area contributed by atoms with Gasteiger partial charge >= 0.3 is 5.97 Å². The molecule has 0 rings (SSSR count). The predicted molar refractivity (Wildman–Crippen MR) is 127 cm³/mol. The summed E-state index contributed by atoms with van der Waals surface area (Å²) in [6, 6.07) is 0. The van der Waals surface area contributed by atoms with E-state index in [9.17, 15) is 4.79 Å². The van der Waals surface area contributed by atoms with Gasteiger partial charge in [0.2, 0.25) is 0 Å². The Balaban J connectivity index is 3.89. The van der Waals surface area contributed by atoms with Crippen LogP contribution in [-0.4, -0.2) is 17.4 Å². The third-order valence-electron chi connectivity index (χ3n) is 3.96. The predicted octanol–water partition coefficient (Wildman–Crippen LogP) is 7.48. The molecule has 0 radical (unpaired) electrons. The SMILES string of the molecule is CCC=CCC=CCC=CCC=CCCC=CCC(CC(C)=S)C(=O)OCC. The van der Waals surface area contributed by atoms with E-state index >= 15 is 0 Å². The number of allylic oxidation sites excluding steroid dienone is 10. The van der Waals surface area contributed by atoms with Crippen molar-refractivity contribution in [3.05, 3.63) is 60.8 Å². The second-order valence-corrected chi connectivity index (χ2v) is 7.34. The van der Waals surface area contributed by atoms with Crippen LogP contribution >= 0.6 is 12.2 Å². The molecule has 0 aromatic heterocycles. The first kappa shape index (κ1) is 26.3. The molecule has 0 saturated heterocycles. The van der Waals surface area contributed by atoms with Gasteiger partial charge in [0.15, 0.2) is 0 Å². The van der Waals surface area contributed by atoms with Gasteiger partial charge in [0.25, 0.3) is 0 Å². The van der Waals surface area contributed by atoms with Crippen LogP contribution in [0.4, 0.5) is 0 Å². The Morgan fingerprint density at radius 3 is 1.82 bits per heavy atom. The lowest BCUT2D eigenvalue weighted by molar-refractivity contribution is -0.147. The van der Waals surface area contributed by atoms with Gasteiger partial charge in [-0.1, -0.05) is 79.9 Å². The van der Waals surface area contributed by atoms with Gasteiger partial charge in [0.05, 0.1) is 12.5 Å². The lowest BCUT2D eigenvalue weighted by Crippen LogP contribution is -2.19. The monoisotopic (exact) mass is 402 g/mol. The van der Waals surface area contributed by atoms with E-state index in [-0.39, 0.29) is 11.9 Å². The fourth-order valence-electron chi connectivity index (χ4n) is 2.54. The Bertz CT molecular complexity index is 553. The summed E-state index contributed by atoms with van der Waals surface area (Å²) in [4.78, 5) is 12.8. The molecule has 156 valence electrons. The Hall–Kier alpha value is -1.74. The Kier molecular flexibility index (Phi) is 18.8. The number of rotatable bonds is 16. The smallest absolute Gasteiger partial charge is 0.309 e. The minimum absolute atomic E-state index is 0.143. The normalized spacial score (nSPS) is 13.5. The molecule has 0 aliphatic rings. The van der Waals surface area contributed by atoms with Gasteiger partial charge in [-0.05, 0) is 70.1 Å². The number of carbonyl (C=O) groups excluding carboxylic acids is 1. The van der Waals surface area contributed by atoms with Crippen molar-refractivity contribution >= 4 is 23.1 Å². The summed E-state index contributed by atoms with van der Waals surface area (Å²) in [5.74, 6) is -0.290. The van der Waals surface area contributed by atoms with Gasteiger partial charge in [0, 0.05) is 0 Å². The topological polar surface area (TPSA) is 26.3 Å².